The van der Waals surface area contributed by atoms with E-state index in [4.69, 9.17) is 11.2 Å². The van der Waals surface area contributed by atoms with Gasteiger partial charge < -0.3 is 4.74 Å². The van der Waals surface area contributed by atoms with E-state index in [1.807, 2.05) is 12.1 Å². The number of terminal acetylenes is 1. The van der Waals surface area contributed by atoms with Gasteiger partial charge in [0.25, 0.3) is 0 Å². The summed E-state index contributed by atoms with van der Waals surface area (Å²) >= 11 is 0. The van der Waals surface area contributed by atoms with Crippen LogP contribution in [0, 0.1) is 12.3 Å². The second-order valence-electron chi connectivity index (χ2n) is 4.16. The fraction of sp³-hybridized carbons (Fsp3) is 0.312. The fourth-order valence-corrected chi connectivity index (χ4v) is 1.52. The minimum Gasteiger partial charge on any atom is -0.441 e. The molecule has 2 unspecified atom stereocenters. The summed E-state index contributed by atoms with van der Waals surface area (Å²) in [5.41, 5.74) is 1.72. The average molecular weight is 242 g/mol. The zero-order valence-electron chi connectivity index (χ0n) is 10.8. The molecule has 94 valence electrons. The van der Waals surface area contributed by atoms with Gasteiger partial charge in [0.05, 0.1) is 5.56 Å². The van der Waals surface area contributed by atoms with E-state index in [-0.39, 0.29) is 0 Å². The summed E-state index contributed by atoms with van der Waals surface area (Å²) in [5.74, 6) is 2.40. The lowest BCUT2D eigenvalue weighted by Crippen LogP contribution is -2.14. The predicted molar refractivity (Wildman–Crippen MR) is 73.4 cm³/mol. The first-order valence-corrected chi connectivity index (χ1v) is 6.02. The molecule has 0 amide bonds. The third-order valence-corrected chi connectivity index (χ3v) is 2.94. The largest absolute Gasteiger partial charge is 0.441 e. The van der Waals surface area contributed by atoms with Crippen molar-refractivity contribution in [3.63, 3.8) is 0 Å². The van der Waals surface area contributed by atoms with Gasteiger partial charge in [-0.3, -0.25) is 0 Å². The molecule has 2 atom stereocenters. The van der Waals surface area contributed by atoms with Crippen molar-refractivity contribution in [2.45, 2.75) is 32.3 Å². The van der Waals surface area contributed by atoms with E-state index in [2.05, 4.69) is 26.3 Å². The number of carbonyl (C=O) groups excluding carboxylic acids is 1. The Labute approximate surface area is 109 Å². The molecule has 0 heterocycles. The van der Waals surface area contributed by atoms with Crippen LogP contribution >= 0.6 is 0 Å². The summed E-state index contributed by atoms with van der Waals surface area (Å²) in [7, 11) is 0. The first kappa shape index (κ1) is 14.1. The number of ether oxygens (including phenoxy) is 1. The summed E-state index contributed by atoms with van der Waals surface area (Å²) in [4.78, 5) is 11.8. The lowest BCUT2D eigenvalue weighted by Gasteiger charge is -2.11. The molecule has 1 rings (SSSR count). The maximum Gasteiger partial charge on any atom is 0.339 e. The minimum absolute atomic E-state index is 0.423. The lowest BCUT2D eigenvalue weighted by molar-refractivity contribution is 0.0475. The maximum atomic E-state index is 11.8. The molecule has 0 aromatic heterocycles. The fourth-order valence-electron chi connectivity index (χ4n) is 1.52. The van der Waals surface area contributed by atoms with Crippen molar-refractivity contribution in [3.05, 3.63) is 48.0 Å². The van der Waals surface area contributed by atoms with Crippen LogP contribution in [0.1, 0.15) is 42.1 Å². The molecule has 0 aliphatic carbocycles. The number of hydrogen-bond acceptors (Lipinski definition) is 2. The van der Waals surface area contributed by atoms with Crippen LogP contribution < -0.4 is 0 Å². The molecule has 0 saturated heterocycles. The second-order valence-corrected chi connectivity index (χ2v) is 4.16. The van der Waals surface area contributed by atoms with Crippen molar-refractivity contribution in [3.8, 4) is 12.3 Å². The van der Waals surface area contributed by atoms with Crippen molar-refractivity contribution in [1.29, 1.82) is 0 Å². The van der Waals surface area contributed by atoms with Gasteiger partial charge in [0.2, 0.25) is 0 Å². The highest BCUT2D eigenvalue weighted by Crippen LogP contribution is 2.19. The van der Waals surface area contributed by atoms with E-state index in [1.165, 1.54) is 11.6 Å². The van der Waals surface area contributed by atoms with Gasteiger partial charge in [0, 0.05) is 0 Å². The molecule has 0 saturated carbocycles. The van der Waals surface area contributed by atoms with Gasteiger partial charge in [-0.2, -0.15) is 0 Å². The minimum atomic E-state index is -0.674. The summed E-state index contributed by atoms with van der Waals surface area (Å²) in [6.45, 7) is 7.79. The van der Waals surface area contributed by atoms with Crippen molar-refractivity contribution in [2.24, 2.45) is 0 Å². The highest BCUT2D eigenvalue weighted by Gasteiger charge is 2.11. The van der Waals surface area contributed by atoms with Gasteiger partial charge in [-0.05, 0) is 36.1 Å². The van der Waals surface area contributed by atoms with E-state index in [0.29, 0.717) is 11.5 Å². The van der Waals surface area contributed by atoms with E-state index < -0.39 is 12.1 Å². The van der Waals surface area contributed by atoms with Crippen LogP contribution in [0.4, 0.5) is 0 Å². The zero-order chi connectivity index (χ0) is 13.5. The van der Waals surface area contributed by atoms with Crippen molar-refractivity contribution in [1.82, 2.24) is 0 Å². The Morgan fingerprint density at radius 2 is 2.11 bits per heavy atom. The SMILES string of the molecule is C#CC(C=C)OC(=O)c1ccc(C(C)CC)cc1. The third-order valence-electron chi connectivity index (χ3n) is 2.94. The van der Waals surface area contributed by atoms with E-state index in [9.17, 15) is 4.79 Å². The van der Waals surface area contributed by atoms with Crippen LogP contribution in [0.25, 0.3) is 0 Å². The smallest absolute Gasteiger partial charge is 0.339 e. The molecule has 1 aromatic carbocycles. The number of benzene rings is 1. The van der Waals surface area contributed by atoms with E-state index in [1.54, 1.807) is 12.1 Å². The second kappa shape index (κ2) is 6.66. The summed E-state index contributed by atoms with van der Waals surface area (Å²) in [5, 5.41) is 0. The molecule has 0 bridgehead atoms. The van der Waals surface area contributed by atoms with Gasteiger partial charge in [-0.1, -0.05) is 38.5 Å². The van der Waals surface area contributed by atoms with Crippen LogP contribution in [0.5, 0.6) is 0 Å². The van der Waals surface area contributed by atoms with Gasteiger partial charge in [0.1, 0.15) is 0 Å². The summed E-state index contributed by atoms with van der Waals surface area (Å²) < 4.78 is 5.07. The van der Waals surface area contributed by atoms with Gasteiger partial charge in [-0.25, -0.2) is 4.79 Å². The van der Waals surface area contributed by atoms with E-state index in [0.717, 1.165) is 6.42 Å². The molecule has 0 N–H and O–H groups in total. The Bertz CT molecular complexity index is 451. The first-order chi connectivity index (χ1) is 8.62. The molecular formula is C16H18O2. The molecule has 0 fully saturated rings. The predicted octanol–water partition coefficient (Wildman–Crippen LogP) is 3.54. The monoisotopic (exact) mass is 242 g/mol. The van der Waals surface area contributed by atoms with E-state index >= 15 is 0 Å². The number of rotatable bonds is 5. The standard InChI is InChI=1S/C16H18O2/c1-5-12(4)13-8-10-14(11-9-13)16(17)18-15(6-2)7-3/h2,7-12,15H,3,5H2,1,4H3. The Hall–Kier alpha value is -2.01. The third kappa shape index (κ3) is 3.49. The Balaban J connectivity index is 2.76. The lowest BCUT2D eigenvalue weighted by atomic mass is 9.98. The summed E-state index contributed by atoms with van der Waals surface area (Å²) in [6, 6.07) is 7.42. The molecule has 0 spiro atoms. The quantitative estimate of drug-likeness (QED) is 0.448. The summed E-state index contributed by atoms with van der Waals surface area (Å²) in [6.07, 6.45) is 7.01. The zero-order valence-corrected chi connectivity index (χ0v) is 10.8. The molecule has 0 aliphatic rings. The number of carbonyl (C=O) groups is 1. The van der Waals surface area contributed by atoms with Crippen molar-refractivity contribution < 1.29 is 9.53 Å². The van der Waals surface area contributed by atoms with Crippen LogP contribution in [0.2, 0.25) is 0 Å². The Morgan fingerprint density at radius 3 is 2.56 bits per heavy atom. The topological polar surface area (TPSA) is 26.3 Å². The number of hydrogen-bond donors (Lipinski definition) is 0. The van der Waals surface area contributed by atoms with Crippen LogP contribution in [-0.2, 0) is 4.74 Å². The van der Waals surface area contributed by atoms with Crippen LogP contribution in [0.3, 0.4) is 0 Å². The Morgan fingerprint density at radius 1 is 1.50 bits per heavy atom. The van der Waals surface area contributed by atoms with Crippen LogP contribution in [0.15, 0.2) is 36.9 Å². The highest BCUT2D eigenvalue weighted by atomic mass is 16.5. The number of esters is 1. The van der Waals surface area contributed by atoms with Crippen molar-refractivity contribution in [2.75, 3.05) is 0 Å². The molecule has 0 radical (unpaired) electrons. The molecule has 2 heteroatoms. The first-order valence-electron chi connectivity index (χ1n) is 6.02. The van der Waals surface area contributed by atoms with Gasteiger partial charge in [-0.15, -0.1) is 6.42 Å². The molecule has 18 heavy (non-hydrogen) atoms. The average Bonchev–Trinajstić information content (AvgIpc) is 2.43. The van der Waals surface area contributed by atoms with Gasteiger partial charge in [0.15, 0.2) is 6.10 Å². The maximum absolute atomic E-state index is 11.8. The molecule has 2 nitrogen and oxygen atoms in total. The molecule has 0 aliphatic heterocycles. The molecule has 1 aromatic rings. The van der Waals surface area contributed by atoms with Gasteiger partial charge >= 0.3 is 5.97 Å². The Kier molecular flexibility index (Phi) is 5.20. The van der Waals surface area contributed by atoms with Crippen LogP contribution in [-0.4, -0.2) is 12.1 Å². The normalized spacial score (nSPS) is 13.2. The van der Waals surface area contributed by atoms with Crippen molar-refractivity contribution >= 4 is 5.97 Å². The molecular weight excluding hydrogens is 224 g/mol. The highest BCUT2D eigenvalue weighted by molar-refractivity contribution is 5.89.